The number of aryl methyl sites for hydroxylation is 1. The van der Waals surface area contributed by atoms with E-state index in [9.17, 15) is 9.18 Å². The van der Waals surface area contributed by atoms with Crippen LogP contribution in [0.1, 0.15) is 48.0 Å². The van der Waals surface area contributed by atoms with Gasteiger partial charge in [-0.2, -0.15) is 0 Å². The van der Waals surface area contributed by atoms with Crippen molar-refractivity contribution in [1.82, 2.24) is 5.32 Å². The SMILES string of the molecule is Cc1ccc(C(=O)NC2CCCCCC2Cl)cc1F. The Bertz CT molecular complexity index is 463. The number of hydrogen-bond acceptors (Lipinski definition) is 1. The standard InChI is InChI=1S/C15H19ClFNO/c1-10-7-8-11(9-13(10)17)15(19)18-14-6-4-2-3-5-12(14)16/h7-9,12,14H,2-6H2,1H3,(H,18,19). The van der Waals surface area contributed by atoms with Crippen molar-refractivity contribution in [2.45, 2.75) is 50.4 Å². The normalized spacial score (nSPS) is 23.7. The van der Waals surface area contributed by atoms with Crippen LogP contribution in [0.3, 0.4) is 0 Å². The molecule has 1 aliphatic rings. The van der Waals surface area contributed by atoms with Crippen LogP contribution in [0.5, 0.6) is 0 Å². The largest absolute Gasteiger partial charge is 0.348 e. The molecule has 1 aliphatic carbocycles. The lowest BCUT2D eigenvalue weighted by molar-refractivity contribution is 0.0933. The minimum absolute atomic E-state index is 0.0129. The Balaban J connectivity index is 2.05. The minimum Gasteiger partial charge on any atom is -0.348 e. The molecule has 0 aliphatic heterocycles. The fourth-order valence-corrected chi connectivity index (χ4v) is 2.75. The number of halogens is 2. The van der Waals surface area contributed by atoms with E-state index >= 15 is 0 Å². The van der Waals surface area contributed by atoms with Crippen molar-refractivity contribution < 1.29 is 9.18 Å². The molecule has 1 aromatic carbocycles. The lowest BCUT2D eigenvalue weighted by Gasteiger charge is -2.21. The Labute approximate surface area is 118 Å². The van der Waals surface area contributed by atoms with Crippen molar-refractivity contribution in [3.63, 3.8) is 0 Å². The zero-order chi connectivity index (χ0) is 13.8. The van der Waals surface area contributed by atoms with Crippen molar-refractivity contribution in [2.24, 2.45) is 0 Å². The molecule has 2 rings (SSSR count). The summed E-state index contributed by atoms with van der Waals surface area (Å²) in [7, 11) is 0. The van der Waals surface area contributed by atoms with Gasteiger partial charge in [0, 0.05) is 11.6 Å². The van der Waals surface area contributed by atoms with E-state index in [1.54, 1.807) is 19.1 Å². The van der Waals surface area contributed by atoms with Crippen molar-refractivity contribution in [3.05, 3.63) is 35.1 Å². The Morgan fingerprint density at radius 2 is 2.05 bits per heavy atom. The molecule has 1 fully saturated rings. The van der Waals surface area contributed by atoms with Gasteiger partial charge in [0.25, 0.3) is 5.91 Å². The van der Waals surface area contributed by atoms with Gasteiger partial charge in [-0.25, -0.2) is 4.39 Å². The minimum atomic E-state index is -0.351. The third-order valence-corrected chi connectivity index (χ3v) is 4.20. The highest BCUT2D eigenvalue weighted by atomic mass is 35.5. The summed E-state index contributed by atoms with van der Waals surface area (Å²) >= 11 is 6.29. The van der Waals surface area contributed by atoms with Crippen LogP contribution in [-0.2, 0) is 0 Å². The van der Waals surface area contributed by atoms with Crippen LogP contribution < -0.4 is 5.32 Å². The second-order valence-electron chi connectivity index (χ2n) is 5.20. The molecule has 0 saturated heterocycles. The van der Waals surface area contributed by atoms with Gasteiger partial charge in [-0.3, -0.25) is 4.79 Å². The summed E-state index contributed by atoms with van der Waals surface area (Å²) in [6.45, 7) is 1.68. The monoisotopic (exact) mass is 283 g/mol. The summed E-state index contributed by atoms with van der Waals surface area (Å²) in [6, 6.07) is 4.54. The number of alkyl halides is 1. The van der Waals surface area contributed by atoms with Crippen molar-refractivity contribution in [2.75, 3.05) is 0 Å². The van der Waals surface area contributed by atoms with E-state index < -0.39 is 0 Å². The zero-order valence-corrected chi connectivity index (χ0v) is 11.8. The number of rotatable bonds is 2. The summed E-state index contributed by atoms with van der Waals surface area (Å²) in [6.07, 6.45) is 5.17. The molecule has 1 amide bonds. The molecule has 1 N–H and O–H groups in total. The van der Waals surface area contributed by atoms with E-state index in [2.05, 4.69) is 5.32 Å². The predicted octanol–water partition coefficient (Wildman–Crippen LogP) is 3.80. The smallest absolute Gasteiger partial charge is 0.251 e. The molecule has 19 heavy (non-hydrogen) atoms. The Hall–Kier alpha value is -1.09. The molecule has 0 heterocycles. The highest BCUT2D eigenvalue weighted by molar-refractivity contribution is 6.21. The van der Waals surface area contributed by atoms with Crippen molar-refractivity contribution in [3.8, 4) is 0 Å². The number of carbonyl (C=O) groups is 1. The molecule has 0 spiro atoms. The lowest BCUT2D eigenvalue weighted by atomic mass is 10.1. The number of hydrogen-bond donors (Lipinski definition) is 1. The maximum Gasteiger partial charge on any atom is 0.251 e. The molecule has 0 radical (unpaired) electrons. The van der Waals surface area contributed by atoms with Gasteiger partial charge in [0.15, 0.2) is 0 Å². The second-order valence-corrected chi connectivity index (χ2v) is 5.76. The van der Waals surface area contributed by atoms with Crippen LogP contribution in [0.15, 0.2) is 18.2 Å². The van der Waals surface area contributed by atoms with Crippen LogP contribution in [0, 0.1) is 12.7 Å². The van der Waals surface area contributed by atoms with Gasteiger partial charge in [-0.15, -0.1) is 11.6 Å². The van der Waals surface area contributed by atoms with Gasteiger partial charge >= 0.3 is 0 Å². The van der Waals surface area contributed by atoms with Gasteiger partial charge in [0.05, 0.1) is 5.38 Å². The summed E-state index contributed by atoms with van der Waals surface area (Å²) in [5, 5.41) is 2.91. The third-order valence-electron chi connectivity index (χ3n) is 3.68. The first-order valence-corrected chi connectivity index (χ1v) is 7.22. The zero-order valence-electron chi connectivity index (χ0n) is 11.1. The van der Waals surface area contributed by atoms with Gasteiger partial charge in [0.2, 0.25) is 0 Å². The highest BCUT2D eigenvalue weighted by Gasteiger charge is 2.23. The van der Waals surface area contributed by atoms with Crippen LogP contribution >= 0.6 is 11.6 Å². The van der Waals surface area contributed by atoms with Crippen LogP contribution in [-0.4, -0.2) is 17.3 Å². The topological polar surface area (TPSA) is 29.1 Å². The highest BCUT2D eigenvalue weighted by Crippen LogP contribution is 2.22. The number of amides is 1. The summed E-state index contributed by atoms with van der Waals surface area (Å²) in [5.74, 6) is -0.590. The second kappa shape index (κ2) is 6.38. The molecule has 4 heteroatoms. The molecular formula is C15H19ClFNO. The van der Waals surface area contributed by atoms with Crippen LogP contribution in [0.2, 0.25) is 0 Å². The van der Waals surface area contributed by atoms with E-state index in [-0.39, 0.29) is 23.1 Å². The number of benzene rings is 1. The summed E-state index contributed by atoms with van der Waals surface area (Å²) in [4.78, 5) is 12.1. The quantitative estimate of drug-likeness (QED) is 0.649. The summed E-state index contributed by atoms with van der Waals surface area (Å²) in [5.41, 5.74) is 0.900. The average molecular weight is 284 g/mol. The van der Waals surface area contributed by atoms with E-state index in [0.29, 0.717) is 11.1 Å². The maximum atomic E-state index is 13.5. The van der Waals surface area contributed by atoms with Crippen molar-refractivity contribution in [1.29, 1.82) is 0 Å². The predicted molar refractivity (Wildman–Crippen MR) is 75.1 cm³/mol. The Kier molecular flexibility index (Phi) is 4.81. The van der Waals surface area contributed by atoms with Crippen LogP contribution in [0.25, 0.3) is 0 Å². The molecule has 2 unspecified atom stereocenters. The summed E-state index contributed by atoms with van der Waals surface area (Å²) < 4.78 is 13.5. The third kappa shape index (κ3) is 3.69. The van der Waals surface area contributed by atoms with Gasteiger partial charge in [-0.05, 0) is 37.5 Å². The molecular weight excluding hydrogens is 265 g/mol. The van der Waals surface area contributed by atoms with E-state index in [4.69, 9.17) is 11.6 Å². The van der Waals surface area contributed by atoms with Crippen LogP contribution in [0.4, 0.5) is 4.39 Å². The molecule has 2 nitrogen and oxygen atoms in total. The molecule has 1 saturated carbocycles. The lowest BCUT2D eigenvalue weighted by Crippen LogP contribution is -2.40. The van der Waals surface area contributed by atoms with E-state index in [1.165, 1.54) is 6.07 Å². The van der Waals surface area contributed by atoms with Gasteiger partial charge < -0.3 is 5.32 Å². The Morgan fingerprint density at radius 1 is 1.32 bits per heavy atom. The van der Waals surface area contributed by atoms with Crippen molar-refractivity contribution >= 4 is 17.5 Å². The fourth-order valence-electron chi connectivity index (χ4n) is 2.41. The molecule has 1 aromatic rings. The Morgan fingerprint density at radius 3 is 2.79 bits per heavy atom. The first-order chi connectivity index (χ1) is 9.08. The van der Waals surface area contributed by atoms with E-state index in [1.807, 2.05) is 0 Å². The molecule has 0 bridgehead atoms. The van der Waals surface area contributed by atoms with Gasteiger partial charge in [-0.1, -0.05) is 25.3 Å². The van der Waals surface area contributed by atoms with E-state index in [0.717, 1.165) is 32.1 Å². The molecule has 104 valence electrons. The maximum absolute atomic E-state index is 13.5. The number of carbonyl (C=O) groups excluding carboxylic acids is 1. The molecule has 2 atom stereocenters. The number of nitrogens with one attached hydrogen (secondary N) is 1. The first kappa shape index (κ1) is 14.3. The average Bonchev–Trinajstić information content (AvgIpc) is 2.58. The first-order valence-electron chi connectivity index (χ1n) is 6.79. The fraction of sp³-hybridized carbons (Fsp3) is 0.533. The molecule has 0 aromatic heterocycles. The van der Waals surface area contributed by atoms with Gasteiger partial charge in [0.1, 0.15) is 5.82 Å².